The molecule has 0 aliphatic carbocycles. The minimum absolute atomic E-state index is 0.0560. The molecule has 0 aliphatic heterocycles. The molecule has 2 atom stereocenters. The summed E-state index contributed by atoms with van der Waals surface area (Å²) < 4.78 is 0. The topological polar surface area (TPSA) is 55.1 Å². The number of rotatable bonds is 6. The summed E-state index contributed by atoms with van der Waals surface area (Å²) in [6, 6.07) is 7.51. The van der Waals surface area contributed by atoms with Crippen LogP contribution in [0.25, 0.3) is 0 Å². The van der Waals surface area contributed by atoms with Crippen molar-refractivity contribution in [3.05, 3.63) is 34.9 Å². The molecule has 0 heterocycles. The van der Waals surface area contributed by atoms with E-state index < -0.39 is 5.54 Å². The van der Waals surface area contributed by atoms with Crippen molar-refractivity contribution in [3.63, 3.8) is 0 Å². The lowest BCUT2D eigenvalue weighted by Gasteiger charge is -2.29. The van der Waals surface area contributed by atoms with E-state index in [1.807, 2.05) is 31.2 Å². The minimum atomic E-state index is -0.825. The second-order valence-electron chi connectivity index (χ2n) is 5.91. The number of nitrogens with one attached hydrogen (secondary N) is 1. The van der Waals surface area contributed by atoms with Crippen LogP contribution in [-0.2, 0) is 4.79 Å². The SMILES string of the molecule is CCCC(C)(N)C(=O)NC(c1ccc(Cl)cc1)C(C)C. The van der Waals surface area contributed by atoms with E-state index in [1.165, 1.54) is 0 Å². The second kappa shape index (κ2) is 7.09. The molecular formula is C16H25ClN2O. The Morgan fingerprint density at radius 3 is 2.35 bits per heavy atom. The molecule has 0 saturated carbocycles. The molecule has 112 valence electrons. The predicted octanol–water partition coefficient (Wildman–Crippen LogP) is 3.67. The molecule has 0 spiro atoms. The van der Waals surface area contributed by atoms with Crippen LogP contribution >= 0.6 is 11.6 Å². The van der Waals surface area contributed by atoms with Crippen LogP contribution in [0.15, 0.2) is 24.3 Å². The largest absolute Gasteiger partial charge is 0.347 e. The first-order valence-corrected chi connectivity index (χ1v) is 7.51. The molecule has 3 nitrogen and oxygen atoms in total. The van der Waals surface area contributed by atoms with Gasteiger partial charge >= 0.3 is 0 Å². The maximum atomic E-state index is 12.3. The van der Waals surface area contributed by atoms with Crippen molar-refractivity contribution in [1.82, 2.24) is 5.32 Å². The van der Waals surface area contributed by atoms with Gasteiger partial charge in [-0.05, 0) is 37.0 Å². The molecule has 0 aromatic heterocycles. The molecule has 3 N–H and O–H groups in total. The van der Waals surface area contributed by atoms with Crippen molar-refractivity contribution in [1.29, 1.82) is 0 Å². The summed E-state index contributed by atoms with van der Waals surface area (Å²) in [5.74, 6) is 0.172. The zero-order valence-electron chi connectivity index (χ0n) is 12.7. The van der Waals surface area contributed by atoms with Gasteiger partial charge in [0.1, 0.15) is 0 Å². The van der Waals surface area contributed by atoms with Crippen LogP contribution in [0.1, 0.15) is 52.1 Å². The van der Waals surface area contributed by atoms with Crippen molar-refractivity contribution in [3.8, 4) is 0 Å². The lowest BCUT2D eigenvalue weighted by Crippen LogP contribution is -2.52. The van der Waals surface area contributed by atoms with Gasteiger partial charge < -0.3 is 11.1 Å². The fraction of sp³-hybridized carbons (Fsp3) is 0.562. The van der Waals surface area contributed by atoms with E-state index in [0.29, 0.717) is 11.4 Å². The van der Waals surface area contributed by atoms with Gasteiger partial charge in [0.25, 0.3) is 0 Å². The Morgan fingerprint density at radius 1 is 1.35 bits per heavy atom. The van der Waals surface area contributed by atoms with E-state index in [4.69, 9.17) is 17.3 Å². The van der Waals surface area contributed by atoms with Gasteiger partial charge in [0, 0.05) is 5.02 Å². The van der Waals surface area contributed by atoms with E-state index in [2.05, 4.69) is 19.2 Å². The standard InChI is InChI=1S/C16H25ClN2O/c1-5-10-16(4,18)15(20)19-14(11(2)3)12-6-8-13(17)9-7-12/h6-9,11,14H,5,10,18H2,1-4H3,(H,19,20). The van der Waals surface area contributed by atoms with E-state index >= 15 is 0 Å². The van der Waals surface area contributed by atoms with Crippen molar-refractivity contribution >= 4 is 17.5 Å². The summed E-state index contributed by atoms with van der Waals surface area (Å²) >= 11 is 5.91. The molecule has 0 bridgehead atoms. The van der Waals surface area contributed by atoms with Gasteiger partial charge in [-0.3, -0.25) is 4.79 Å². The number of amides is 1. The molecule has 0 fully saturated rings. The first kappa shape index (κ1) is 17.0. The van der Waals surface area contributed by atoms with E-state index in [9.17, 15) is 4.79 Å². The molecule has 1 rings (SSSR count). The van der Waals surface area contributed by atoms with Gasteiger partial charge in [0.15, 0.2) is 0 Å². The molecule has 1 aromatic rings. The predicted molar refractivity (Wildman–Crippen MR) is 84.7 cm³/mol. The Balaban J connectivity index is 2.88. The average Bonchev–Trinajstić information content (AvgIpc) is 2.36. The highest BCUT2D eigenvalue weighted by atomic mass is 35.5. The number of carbonyl (C=O) groups is 1. The minimum Gasteiger partial charge on any atom is -0.347 e. The number of hydrogen-bond donors (Lipinski definition) is 2. The molecule has 0 aliphatic rings. The van der Waals surface area contributed by atoms with E-state index in [1.54, 1.807) is 6.92 Å². The molecule has 4 heteroatoms. The third-order valence-corrected chi connectivity index (χ3v) is 3.72. The lowest BCUT2D eigenvalue weighted by molar-refractivity contribution is -0.127. The zero-order valence-corrected chi connectivity index (χ0v) is 13.5. The van der Waals surface area contributed by atoms with Crippen LogP contribution < -0.4 is 11.1 Å². The first-order valence-electron chi connectivity index (χ1n) is 7.13. The zero-order chi connectivity index (χ0) is 15.3. The van der Waals surface area contributed by atoms with Crippen LogP contribution in [0.2, 0.25) is 5.02 Å². The molecule has 1 aromatic carbocycles. The van der Waals surface area contributed by atoms with Crippen LogP contribution in [0.4, 0.5) is 0 Å². The van der Waals surface area contributed by atoms with Gasteiger partial charge in [-0.15, -0.1) is 0 Å². The average molecular weight is 297 g/mol. The maximum absolute atomic E-state index is 12.3. The van der Waals surface area contributed by atoms with Gasteiger partial charge in [-0.1, -0.05) is 50.9 Å². The van der Waals surface area contributed by atoms with Crippen LogP contribution in [0, 0.1) is 5.92 Å². The Hall–Kier alpha value is -1.06. The third-order valence-electron chi connectivity index (χ3n) is 3.47. The molecule has 0 radical (unpaired) electrons. The lowest BCUT2D eigenvalue weighted by atomic mass is 9.92. The molecule has 0 saturated heterocycles. The molecule has 2 unspecified atom stereocenters. The van der Waals surface area contributed by atoms with Crippen molar-refractivity contribution in [2.75, 3.05) is 0 Å². The van der Waals surface area contributed by atoms with Gasteiger partial charge in [-0.25, -0.2) is 0 Å². The normalized spacial score (nSPS) is 15.8. The Morgan fingerprint density at radius 2 is 1.90 bits per heavy atom. The van der Waals surface area contributed by atoms with Crippen molar-refractivity contribution in [2.24, 2.45) is 11.7 Å². The van der Waals surface area contributed by atoms with Crippen LogP contribution in [0.5, 0.6) is 0 Å². The molecule has 1 amide bonds. The van der Waals surface area contributed by atoms with Crippen molar-refractivity contribution < 1.29 is 4.79 Å². The highest BCUT2D eigenvalue weighted by Gasteiger charge is 2.30. The monoisotopic (exact) mass is 296 g/mol. The van der Waals surface area contributed by atoms with E-state index in [-0.39, 0.29) is 17.9 Å². The summed E-state index contributed by atoms with van der Waals surface area (Å²) in [4.78, 5) is 12.3. The summed E-state index contributed by atoms with van der Waals surface area (Å²) in [7, 11) is 0. The Labute approximate surface area is 126 Å². The first-order chi connectivity index (χ1) is 9.27. The highest BCUT2D eigenvalue weighted by Crippen LogP contribution is 2.24. The van der Waals surface area contributed by atoms with Gasteiger partial charge in [0.2, 0.25) is 5.91 Å². The van der Waals surface area contributed by atoms with Crippen LogP contribution in [0.3, 0.4) is 0 Å². The number of carbonyl (C=O) groups excluding carboxylic acids is 1. The quantitative estimate of drug-likeness (QED) is 0.841. The van der Waals surface area contributed by atoms with E-state index in [0.717, 1.165) is 12.0 Å². The van der Waals surface area contributed by atoms with Crippen molar-refractivity contribution in [2.45, 2.75) is 52.1 Å². The smallest absolute Gasteiger partial charge is 0.240 e. The second-order valence-corrected chi connectivity index (χ2v) is 6.35. The number of hydrogen-bond acceptors (Lipinski definition) is 2. The summed E-state index contributed by atoms with van der Waals surface area (Å²) in [5.41, 5.74) is 6.31. The summed E-state index contributed by atoms with van der Waals surface area (Å²) in [5, 5.41) is 3.76. The third kappa shape index (κ3) is 4.50. The fourth-order valence-corrected chi connectivity index (χ4v) is 2.37. The summed E-state index contributed by atoms with van der Waals surface area (Å²) in [6.45, 7) is 7.96. The summed E-state index contributed by atoms with van der Waals surface area (Å²) in [6.07, 6.45) is 1.55. The fourth-order valence-electron chi connectivity index (χ4n) is 2.24. The van der Waals surface area contributed by atoms with Gasteiger partial charge in [0.05, 0.1) is 11.6 Å². The van der Waals surface area contributed by atoms with Gasteiger partial charge in [-0.2, -0.15) is 0 Å². The maximum Gasteiger partial charge on any atom is 0.240 e. The molecule has 20 heavy (non-hydrogen) atoms. The molecular weight excluding hydrogens is 272 g/mol. The highest BCUT2D eigenvalue weighted by molar-refractivity contribution is 6.30. The number of halogens is 1. The number of benzene rings is 1. The Bertz CT molecular complexity index is 440. The van der Waals surface area contributed by atoms with Crippen LogP contribution in [-0.4, -0.2) is 11.4 Å². The Kier molecular flexibility index (Phi) is 6.03. The number of nitrogens with two attached hydrogens (primary N) is 1.